The van der Waals surface area contributed by atoms with E-state index in [1.165, 1.54) is 0 Å². The van der Waals surface area contributed by atoms with Crippen molar-refractivity contribution in [2.45, 2.75) is 0 Å². The van der Waals surface area contributed by atoms with E-state index in [1.54, 1.807) is 31.8 Å². The van der Waals surface area contributed by atoms with Crippen molar-refractivity contribution in [2.24, 2.45) is 0 Å². The number of methoxy groups -OCH3 is 2. The summed E-state index contributed by atoms with van der Waals surface area (Å²) in [4.78, 5) is 18.5. The maximum Gasteiger partial charge on any atom is 0.195 e. The fourth-order valence-electron chi connectivity index (χ4n) is 3.80. The van der Waals surface area contributed by atoms with Crippen LogP contribution in [0.4, 0.5) is 0 Å². The van der Waals surface area contributed by atoms with Crippen LogP contribution < -0.4 is 9.47 Å². The molecule has 4 aromatic heterocycles. The van der Waals surface area contributed by atoms with Gasteiger partial charge in [0.1, 0.15) is 22.9 Å². The SMILES string of the molecule is COc1ccc(-c2nc3sc4cc(OC)ccc4n3c2-c2nc3ncccc3[nH]2)cc1. The number of nitrogens with zero attached hydrogens (tertiary/aromatic N) is 4. The quantitative estimate of drug-likeness (QED) is 0.420. The van der Waals surface area contributed by atoms with Crippen LogP contribution >= 0.6 is 11.3 Å². The Kier molecular flexibility index (Phi) is 3.94. The Balaban J connectivity index is 1.67. The number of aromatic nitrogens is 5. The van der Waals surface area contributed by atoms with Crippen LogP contribution in [0.15, 0.2) is 60.8 Å². The molecular formula is C23H17N5O2S. The monoisotopic (exact) mass is 427 g/mol. The summed E-state index contributed by atoms with van der Waals surface area (Å²) < 4.78 is 14.0. The van der Waals surface area contributed by atoms with Gasteiger partial charge >= 0.3 is 0 Å². The lowest BCUT2D eigenvalue weighted by Gasteiger charge is -2.05. The fraction of sp³-hybridized carbons (Fsp3) is 0.0870. The predicted molar refractivity (Wildman–Crippen MR) is 122 cm³/mol. The summed E-state index contributed by atoms with van der Waals surface area (Å²) in [6, 6.07) is 17.8. The first-order valence-electron chi connectivity index (χ1n) is 9.69. The minimum absolute atomic E-state index is 0.675. The summed E-state index contributed by atoms with van der Waals surface area (Å²) in [5, 5.41) is 0. The molecule has 1 N–H and O–H groups in total. The van der Waals surface area contributed by atoms with Gasteiger partial charge in [0, 0.05) is 11.8 Å². The topological polar surface area (TPSA) is 77.3 Å². The Morgan fingerprint density at radius 2 is 1.74 bits per heavy atom. The van der Waals surface area contributed by atoms with Gasteiger partial charge in [-0.05, 0) is 54.6 Å². The molecule has 8 heteroatoms. The van der Waals surface area contributed by atoms with Crippen LogP contribution in [0.2, 0.25) is 0 Å². The lowest BCUT2D eigenvalue weighted by atomic mass is 10.1. The van der Waals surface area contributed by atoms with Crippen molar-refractivity contribution in [1.29, 1.82) is 0 Å². The first-order chi connectivity index (χ1) is 15.2. The molecule has 152 valence electrons. The lowest BCUT2D eigenvalue weighted by Crippen LogP contribution is -1.92. The number of fused-ring (bicyclic) bond motifs is 4. The average molecular weight is 427 g/mol. The zero-order valence-corrected chi connectivity index (χ0v) is 17.6. The number of aromatic amines is 1. The summed E-state index contributed by atoms with van der Waals surface area (Å²) in [7, 11) is 3.34. The zero-order valence-electron chi connectivity index (χ0n) is 16.8. The number of hydrogen-bond donors (Lipinski definition) is 1. The molecule has 0 aliphatic carbocycles. The highest BCUT2D eigenvalue weighted by molar-refractivity contribution is 7.23. The van der Waals surface area contributed by atoms with Gasteiger partial charge in [0.05, 0.1) is 30.0 Å². The first-order valence-corrected chi connectivity index (χ1v) is 10.5. The van der Waals surface area contributed by atoms with Crippen molar-refractivity contribution in [3.8, 4) is 34.3 Å². The molecule has 0 fully saturated rings. The largest absolute Gasteiger partial charge is 0.497 e. The molecule has 0 amide bonds. The van der Waals surface area contributed by atoms with Crippen LogP contribution in [0.25, 0.3) is 49.1 Å². The summed E-state index contributed by atoms with van der Waals surface area (Å²) in [5.41, 5.74) is 5.35. The Labute approximate surface area is 180 Å². The van der Waals surface area contributed by atoms with Gasteiger partial charge in [-0.1, -0.05) is 11.3 Å². The Bertz CT molecular complexity index is 1530. The number of hydrogen-bond acceptors (Lipinski definition) is 6. The van der Waals surface area contributed by atoms with E-state index in [0.717, 1.165) is 55.0 Å². The molecule has 0 saturated carbocycles. The van der Waals surface area contributed by atoms with Crippen molar-refractivity contribution in [3.05, 3.63) is 60.8 Å². The van der Waals surface area contributed by atoms with Gasteiger partial charge in [-0.15, -0.1) is 0 Å². The maximum absolute atomic E-state index is 5.40. The highest BCUT2D eigenvalue weighted by atomic mass is 32.1. The van der Waals surface area contributed by atoms with Crippen molar-refractivity contribution in [2.75, 3.05) is 14.2 Å². The summed E-state index contributed by atoms with van der Waals surface area (Å²) in [6.45, 7) is 0. The fourth-order valence-corrected chi connectivity index (χ4v) is 4.86. The first kappa shape index (κ1) is 17.9. The molecule has 0 bridgehead atoms. The number of nitrogens with one attached hydrogen (secondary N) is 1. The van der Waals surface area contributed by atoms with Gasteiger partial charge in [0.15, 0.2) is 16.4 Å². The minimum Gasteiger partial charge on any atom is -0.497 e. The van der Waals surface area contributed by atoms with E-state index in [9.17, 15) is 0 Å². The van der Waals surface area contributed by atoms with Crippen LogP contribution in [0.1, 0.15) is 0 Å². The van der Waals surface area contributed by atoms with Gasteiger partial charge in [-0.3, -0.25) is 4.40 Å². The Hall–Kier alpha value is -3.91. The van der Waals surface area contributed by atoms with E-state index < -0.39 is 0 Å². The molecule has 2 aromatic carbocycles. The summed E-state index contributed by atoms with van der Waals surface area (Å²) in [6.07, 6.45) is 1.75. The second kappa shape index (κ2) is 6.82. The average Bonchev–Trinajstić information content (AvgIpc) is 3.49. The Morgan fingerprint density at radius 3 is 2.52 bits per heavy atom. The normalized spacial score (nSPS) is 11.5. The van der Waals surface area contributed by atoms with Crippen molar-refractivity contribution in [3.63, 3.8) is 0 Å². The predicted octanol–water partition coefficient (Wildman–Crippen LogP) is 5.17. The van der Waals surface area contributed by atoms with E-state index in [2.05, 4.69) is 20.4 Å². The molecule has 6 aromatic rings. The minimum atomic E-state index is 0.675. The number of ether oxygens (including phenoxy) is 2. The molecular weight excluding hydrogens is 410 g/mol. The van der Waals surface area contributed by atoms with Crippen LogP contribution in [0.3, 0.4) is 0 Å². The number of rotatable bonds is 4. The number of thiazole rings is 1. The van der Waals surface area contributed by atoms with Gasteiger partial charge < -0.3 is 14.5 Å². The molecule has 6 rings (SSSR count). The van der Waals surface area contributed by atoms with Gasteiger partial charge in [0.25, 0.3) is 0 Å². The van der Waals surface area contributed by atoms with E-state index >= 15 is 0 Å². The molecule has 4 heterocycles. The van der Waals surface area contributed by atoms with Crippen LogP contribution in [-0.2, 0) is 0 Å². The van der Waals surface area contributed by atoms with E-state index in [1.807, 2.05) is 48.5 Å². The molecule has 0 saturated heterocycles. The Morgan fingerprint density at radius 1 is 0.935 bits per heavy atom. The van der Waals surface area contributed by atoms with Crippen molar-refractivity contribution in [1.82, 2.24) is 24.3 Å². The third-order valence-electron chi connectivity index (χ3n) is 5.30. The number of benzene rings is 2. The zero-order chi connectivity index (χ0) is 20.9. The maximum atomic E-state index is 5.40. The highest BCUT2D eigenvalue weighted by Crippen LogP contribution is 2.39. The summed E-state index contributed by atoms with van der Waals surface area (Å²) >= 11 is 1.62. The molecule has 0 atom stereocenters. The van der Waals surface area contributed by atoms with Crippen molar-refractivity contribution >= 4 is 37.7 Å². The molecule has 0 spiro atoms. The van der Waals surface area contributed by atoms with Crippen LogP contribution in [0.5, 0.6) is 11.5 Å². The van der Waals surface area contributed by atoms with Gasteiger partial charge in [0.2, 0.25) is 0 Å². The van der Waals surface area contributed by atoms with E-state index in [0.29, 0.717) is 5.65 Å². The van der Waals surface area contributed by atoms with Crippen LogP contribution in [0, 0.1) is 0 Å². The van der Waals surface area contributed by atoms with Crippen LogP contribution in [-0.4, -0.2) is 38.6 Å². The molecule has 7 nitrogen and oxygen atoms in total. The van der Waals surface area contributed by atoms with Gasteiger partial charge in [-0.25, -0.2) is 15.0 Å². The third kappa shape index (κ3) is 2.76. The number of pyridine rings is 1. The number of H-pyrrole nitrogens is 1. The van der Waals surface area contributed by atoms with E-state index in [-0.39, 0.29) is 0 Å². The number of imidazole rings is 2. The second-order valence-corrected chi connectivity index (χ2v) is 8.06. The van der Waals surface area contributed by atoms with Gasteiger partial charge in [-0.2, -0.15) is 0 Å². The smallest absolute Gasteiger partial charge is 0.195 e. The molecule has 0 aliphatic rings. The standard InChI is InChI=1S/C23H17N5O2S/c1-29-14-7-5-13(6-8-14)19-20(22-25-16-4-3-11-24-21(16)27-22)28-17-10-9-15(30-2)12-18(17)31-23(28)26-19/h3-12H,1-2H3,(H,24,25,27). The van der Waals surface area contributed by atoms with E-state index in [4.69, 9.17) is 19.4 Å². The molecule has 31 heavy (non-hydrogen) atoms. The lowest BCUT2D eigenvalue weighted by molar-refractivity contribution is 0.415. The molecule has 0 aliphatic heterocycles. The summed E-state index contributed by atoms with van der Waals surface area (Å²) in [5.74, 6) is 2.35. The molecule has 0 unspecified atom stereocenters. The highest BCUT2D eigenvalue weighted by Gasteiger charge is 2.22. The van der Waals surface area contributed by atoms with Crippen molar-refractivity contribution < 1.29 is 9.47 Å². The molecule has 0 radical (unpaired) electrons. The second-order valence-electron chi connectivity index (χ2n) is 7.05. The third-order valence-corrected chi connectivity index (χ3v) is 6.30.